The summed E-state index contributed by atoms with van der Waals surface area (Å²) in [5, 5.41) is 2.62. The molecule has 4 nitrogen and oxygen atoms in total. The highest BCUT2D eigenvalue weighted by molar-refractivity contribution is 5.94. The van der Waals surface area contributed by atoms with Crippen molar-refractivity contribution in [3.63, 3.8) is 0 Å². The molecule has 1 rings (SSSR count). The second-order valence-corrected chi connectivity index (χ2v) is 3.61. The molecule has 0 aromatic heterocycles. The van der Waals surface area contributed by atoms with Crippen molar-refractivity contribution in [3.05, 3.63) is 0 Å². The number of carbonyl (C=O) groups is 2. The second-order valence-electron chi connectivity index (χ2n) is 3.61. The zero-order chi connectivity index (χ0) is 10.6. The van der Waals surface area contributed by atoms with Gasteiger partial charge in [0.2, 0.25) is 11.8 Å². The van der Waals surface area contributed by atoms with Crippen molar-refractivity contribution in [2.24, 2.45) is 0 Å². The molecule has 0 saturated carbocycles. The van der Waals surface area contributed by atoms with Crippen LogP contribution in [0.2, 0.25) is 0 Å². The van der Waals surface area contributed by atoms with Gasteiger partial charge in [0, 0.05) is 6.54 Å². The van der Waals surface area contributed by atoms with Gasteiger partial charge >= 0.3 is 0 Å². The predicted octanol–water partition coefficient (Wildman–Crippen LogP) is 0.523. The lowest BCUT2D eigenvalue weighted by molar-refractivity contribution is -0.145. The highest BCUT2D eigenvalue weighted by Gasteiger charge is 2.32. The molecule has 0 aromatic carbocycles. The summed E-state index contributed by atoms with van der Waals surface area (Å²) in [4.78, 5) is 24.7. The van der Waals surface area contributed by atoms with E-state index in [2.05, 4.69) is 5.32 Å². The van der Waals surface area contributed by atoms with E-state index in [0.717, 1.165) is 19.3 Å². The summed E-state index contributed by atoms with van der Waals surface area (Å²) in [6.45, 7) is 4.90. The Morgan fingerprint density at radius 2 is 2.07 bits per heavy atom. The first-order valence-corrected chi connectivity index (χ1v) is 5.27. The fourth-order valence-corrected chi connectivity index (χ4v) is 1.78. The smallest absolute Gasteiger partial charge is 0.243 e. The van der Waals surface area contributed by atoms with Gasteiger partial charge < -0.3 is 10.2 Å². The Balaban J connectivity index is 2.69. The van der Waals surface area contributed by atoms with E-state index < -0.39 is 0 Å². The minimum Gasteiger partial charge on any atom is -0.345 e. The molecule has 4 heteroatoms. The van der Waals surface area contributed by atoms with Crippen molar-refractivity contribution in [3.8, 4) is 0 Å². The number of carbonyl (C=O) groups excluding carboxylic acids is 2. The Morgan fingerprint density at radius 3 is 2.64 bits per heavy atom. The van der Waals surface area contributed by atoms with Gasteiger partial charge in [-0.25, -0.2) is 0 Å². The molecule has 1 N–H and O–H groups in total. The van der Waals surface area contributed by atoms with Gasteiger partial charge in [-0.2, -0.15) is 0 Å². The average molecular weight is 198 g/mol. The molecule has 1 heterocycles. The molecule has 0 bridgehead atoms. The van der Waals surface area contributed by atoms with Crippen molar-refractivity contribution in [1.29, 1.82) is 0 Å². The first kappa shape index (κ1) is 11.0. The molecule has 1 saturated heterocycles. The fraction of sp³-hybridized carbons (Fsp3) is 0.800. The summed E-state index contributed by atoms with van der Waals surface area (Å²) < 4.78 is 0. The maximum absolute atomic E-state index is 11.5. The van der Waals surface area contributed by atoms with Crippen molar-refractivity contribution >= 4 is 11.8 Å². The van der Waals surface area contributed by atoms with Crippen LogP contribution in [0.3, 0.4) is 0 Å². The molecular formula is C10H18N2O2. The lowest BCUT2D eigenvalue weighted by Crippen LogP contribution is -2.58. The Hall–Kier alpha value is -1.06. The van der Waals surface area contributed by atoms with Crippen LogP contribution in [0.15, 0.2) is 0 Å². The molecule has 1 aliphatic heterocycles. The van der Waals surface area contributed by atoms with Crippen LogP contribution in [-0.2, 0) is 9.59 Å². The van der Waals surface area contributed by atoms with E-state index in [1.807, 2.05) is 13.8 Å². The quantitative estimate of drug-likeness (QED) is 0.716. The summed E-state index contributed by atoms with van der Waals surface area (Å²) in [7, 11) is 0. The van der Waals surface area contributed by atoms with E-state index in [1.54, 1.807) is 4.90 Å². The maximum Gasteiger partial charge on any atom is 0.243 e. The minimum absolute atomic E-state index is 0.0000926. The van der Waals surface area contributed by atoms with Crippen LogP contribution in [0.25, 0.3) is 0 Å². The Bertz CT molecular complexity index is 204. The molecule has 80 valence electrons. The largest absolute Gasteiger partial charge is 0.345 e. The van der Waals surface area contributed by atoms with Gasteiger partial charge in [-0.15, -0.1) is 0 Å². The van der Waals surface area contributed by atoms with Gasteiger partial charge in [0.15, 0.2) is 0 Å². The van der Waals surface area contributed by atoms with E-state index in [9.17, 15) is 9.59 Å². The zero-order valence-corrected chi connectivity index (χ0v) is 8.88. The third-order valence-corrected chi connectivity index (χ3v) is 2.44. The van der Waals surface area contributed by atoms with Crippen molar-refractivity contribution in [2.75, 3.05) is 13.1 Å². The summed E-state index contributed by atoms with van der Waals surface area (Å²) in [5.41, 5.74) is 0. The molecule has 2 amide bonds. The van der Waals surface area contributed by atoms with Crippen molar-refractivity contribution in [2.45, 2.75) is 39.2 Å². The third-order valence-electron chi connectivity index (χ3n) is 2.44. The molecule has 14 heavy (non-hydrogen) atoms. The van der Waals surface area contributed by atoms with Gasteiger partial charge in [0.1, 0.15) is 6.04 Å². The molecule has 1 atom stereocenters. The van der Waals surface area contributed by atoms with Crippen molar-refractivity contribution in [1.82, 2.24) is 10.2 Å². The van der Waals surface area contributed by atoms with Gasteiger partial charge in [0.05, 0.1) is 6.54 Å². The highest BCUT2D eigenvalue weighted by Crippen LogP contribution is 2.11. The van der Waals surface area contributed by atoms with Crippen LogP contribution in [0.4, 0.5) is 0 Å². The molecule has 1 fully saturated rings. The minimum atomic E-state index is -0.235. The Kier molecular flexibility index (Phi) is 3.92. The van der Waals surface area contributed by atoms with Gasteiger partial charge in [-0.3, -0.25) is 9.59 Å². The molecule has 1 aliphatic rings. The van der Waals surface area contributed by atoms with Crippen LogP contribution in [-0.4, -0.2) is 35.8 Å². The molecule has 0 aliphatic carbocycles. The van der Waals surface area contributed by atoms with Crippen LogP contribution in [0, 0.1) is 0 Å². The van der Waals surface area contributed by atoms with E-state index in [4.69, 9.17) is 0 Å². The summed E-state index contributed by atoms with van der Waals surface area (Å²) in [5.74, 6) is 0.0461. The van der Waals surface area contributed by atoms with Crippen LogP contribution < -0.4 is 5.32 Å². The molecule has 0 aromatic rings. The first-order valence-electron chi connectivity index (χ1n) is 5.27. The average Bonchev–Trinajstić information content (AvgIpc) is 2.17. The monoisotopic (exact) mass is 198 g/mol. The third kappa shape index (κ3) is 2.25. The molecule has 1 unspecified atom stereocenters. The van der Waals surface area contributed by atoms with E-state index >= 15 is 0 Å². The topological polar surface area (TPSA) is 49.4 Å². The summed E-state index contributed by atoms with van der Waals surface area (Å²) >= 11 is 0. The lowest BCUT2D eigenvalue weighted by atomic mass is 10.1. The second kappa shape index (κ2) is 4.98. The van der Waals surface area contributed by atoms with Gasteiger partial charge in [-0.05, 0) is 12.8 Å². The molecular weight excluding hydrogens is 180 g/mol. The Morgan fingerprint density at radius 1 is 1.36 bits per heavy atom. The number of amides is 2. The first-order chi connectivity index (χ1) is 6.70. The van der Waals surface area contributed by atoms with Crippen LogP contribution in [0.5, 0.6) is 0 Å². The van der Waals surface area contributed by atoms with Gasteiger partial charge in [-0.1, -0.05) is 20.3 Å². The van der Waals surface area contributed by atoms with Crippen LogP contribution >= 0.6 is 0 Å². The number of hydrogen-bond donors (Lipinski definition) is 1. The summed E-state index contributed by atoms with van der Waals surface area (Å²) in [6.07, 6.45) is 2.59. The van der Waals surface area contributed by atoms with E-state index in [-0.39, 0.29) is 24.4 Å². The Labute approximate surface area is 84.7 Å². The van der Waals surface area contributed by atoms with E-state index in [0.29, 0.717) is 6.54 Å². The fourth-order valence-electron chi connectivity index (χ4n) is 1.78. The van der Waals surface area contributed by atoms with Gasteiger partial charge in [0.25, 0.3) is 0 Å². The predicted molar refractivity (Wildman–Crippen MR) is 53.7 cm³/mol. The maximum atomic E-state index is 11.5. The lowest BCUT2D eigenvalue weighted by Gasteiger charge is -2.34. The normalized spacial score (nSPS) is 22.4. The number of nitrogens with one attached hydrogen (secondary N) is 1. The number of rotatable bonds is 4. The SMILES string of the molecule is CCCC1C(=O)NCC(=O)N1CCC. The number of piperazine rings is 1. The summed E-state index contributed by atoms with van der Waals surface area (Å²) in [6, 6.07) is -0.235. The van der Waals surface area contributed by atoms with Crippen LogP contribution in [0.1, 0.15) is 33.1 Å². The standard InChI is InChI=1S/C10H18N2O2/c1-3-5-8-10(14)11-7-9(13)12(8)6-4-2/h8H,3-7H2,1-2H3,(H,11,14). The molecule has 0 spiro atoms. The zero-order valence-electron chi connectivity index (χ0n) is 8.88. The van der Waals surface area contributed by atoms with E-state index in [1.165, 1.54) is 0 Å². The highest BCUT2D eigenvalue weighted by atomic mass is 16.2. The van der Waals surface area contributed by atoms with Crippen molar-refractivity contribution < 1.29 is 9.59 Å². The molecule has 0 radical (unpaired) electrons. The number of hydrogen-bond acceptors (Lipinski definition) is 2. The number of nitrogens with zero attached hydrogens (tertiary/aromatic N) is 1.